The van der Waals surface area contributed by atoms with E-state index < -0.39 is 0 Å². The van der Waals surface area contributed by atoms with Crippen molar-refractivity contribution in [2.24, 2.45) is 0 Å². The molecule has 90 valence electrons. The monoisotopic (exact) mass is 215 g/mol. The van der Waals surface area contributed by atoms with E-state index in [2.05, 4.69) is 6.92 Å². The lowest BCUT2D eigenvalue weighted by atomic mass is 10.1. The lowest BCUT2D eigenvalue weighted by molar-refractivity contribution is -0.133. The SMILES string of the molecule is CCCCCCCCCC(=O)N(C)CO. The fourth-order valence-electron chi connectivity index (χ4n) is 1.50. The van der Waals surface area contributed by atoms with E-state index in [-0.39, 0.29) is 12.6 Å². The number of carbonyl (C=O) groups excluding carboxylic acids is 1. The van der Waals surface area contributed by atoms with Crippen LogP contribution in [0.4, 0.5) is 0 Å². The summed E-state index contributed by atoms with van der Waals surface area (Å²) >= 11 is 0. The number of unbranched alkanes of at least 4 members (excludes halogenated alkanes) is 6. The molecule has 0 aliphatic carbocycles. The number of aliphatic hydroxyl groups is 1. The molecule has 3 heteroatoms. The molecule has 0 heterocycles. The Kier molecular flexibility index (Phi) is 9.59. The van der Waals surface area contributed by atoms with Gasteiger partial charge in [-0.2, -0.15) is 0 Å². The summed E-state index contributed by atoms with van der Waals surface area (Å²) in [4.78, 5) is 12.6. The van der Waals surface area contributed by atoms with Crippen molar-refractivity contribution < 1.29 is 9.90 Å². The summed E-state index contributed by atoms with van der Waals surface area (Å²) in [7, 11) is 1.63. The van der Waals surface area contributed by atoms with Gasteiger partial charge in [-0.15, -0.1) is 0 Å². The van der Waals surface area contributed by atoms with Crippen LogP contribution in [0, 0.1) is 0 Å². The van der Waals surface area contributed by atoms with E-state index in [1.165, 1.54) is 37.0 Å². The Morgan fingerprint density at radius 1 is 1.07 bits per heavy atom. The number of aliphatic hydroxyl groups excluding tert-OH is 1. The first-order chi connectivity index (χ1) is 7.22. The van der Waals surface area contributed by atoms with E-state index in [1.54, 1.807) is 7.05 Å². The molecule has 0 aliphatic heterocycles. The molecule has 0 unspecified atom stereocenters. The highest BCUT2D eigenvalue weighted by atomic mass is 16.3. The Balaban J connectivity index is 3.20. The van der Waals surface area contributed by atoms with Crippen LogP contribution < -0.4 is 0 Å². The van der Waals surface area contributed by atoms with E-state index in [9.17, 15) is 4.79 Å². The van der Waals surface area contributed by atoms with Crippen molar-refractivity contribution in [3.05, 3.63) is 0 Å². The summed E-state index contributed by atoms with van der Waals surface area (Å²) in [5.41, 5.74) is 0. The Morgan fingerprint density at radius 3 is 2.13 bits per heavy atom. The maximum atomic E-state index is 11.3. The lowest BCUT2D eigenvalue weighted by Crippen LogP contribution is -2.27. The van der Waals surface area contributed by atoms with E-state index in [0.717, 1.165) is 12.8 Å². The Labute approximate surface area is 93.5 Å². The van der Waals surface area contributed by atoms with Crippen molar-refractivity contribution in [3.63, 3.8) is 0 Å². The average Bonchev–Trinajstić information content (AvgIpc) is 2.26. The van der Waals surface area contributed by atoms with Gasteiger partial charge in [0.15, 0.2) is 0 Å². The minimum atomic E-state index is -0.171. The van der Waals surface area contributed by atoms with Gasteiger partial charge in [-0.1, -0.05) is 45.4 Å². The molecule has 1 N–H and O–H groups in total. The molecule has 0 atom stereocenters. The zero-order valence-electron chi connectivity index (χ0n) is 10.2. The fourth-order valence-corrected chi connectivity index (χ4v) is 1.50. The van der Waals surface area contributed by atoms with E-state index in [4.69, 9.17) is 5.11 Å². The summed E-state index contributed by atoms with van der Waals surface area (Å²) in [6, 6.07) is 0. The molecule has 3 nitrogen and oxygen atoms in total. The van der Waals surface area contributed by atoms with Crippen LogP contribution in [0.2, 0.25) is 0 Å². The highest BCUT2D eigenvalue weighted by Gasteiger charge is 2.05. The molecule has 15 heavy (non-hydrogen) atoms. The van der Waals surface area contributed by atoms with Crippen LogP contribution >= 0.6 is 0 Å². The molecular formula is C12H25NO2. The summed E-state index contributed by atoms with van der Waals surface area (Å²) in [6.45, 7) is 2.04. The van der Waals surface area contributed by atoms with Crippen molar-refractivity contribution in [1.82, 2.24) is 4.90 Å². The highest BCUT2D eigenvalue weighted by Crippen LogP contribution is 2.08. The van der Waals surface area contributed by atoms with Crippen molar-refractivity contribution in [2.75, 3.05) is 13.8 Å². The largest absolute Gasteiger partial charge is 0.376 e. The molecule has 0 bridgehead atoms. The number of amides is 1. The predicted molar refractivity (Wildman–Crippen MR) is 62.5 cm³/mol. The van der Waals surface area contributed by atoms with Gasteiger partial charge in [0, 0.05) is 13.5 Å². The van der Waals surface area contributed by atoms with E-state index >= 15 is 0 Å². The van der Waals surface area contributed by atoms with Gasteiger partial charge in [0.05, 0.1) is 0 Å². The van der Waals surface area contributed by atoms with Crippen molar-refractivity contribution in [2.45, 2.75) is 58.3 Å². The first kappa shape index (κ1) is 14.4. The van der Waals surface area contributed by atoms with Gasteiger partial charge in [-0.3, -0.25) is 4.79 Å². The van der Waals surface area contributed by atoms with Crippen LogP contribution in [-0.4, -0.2) is 29.7 Å². The second-order valence-corrected chi connectivity index (χ2v) is 4.10. The molecule has 0 saturated carbocycles. The summed E-state index contributed by atoms with van der Waals surface area (Å²) in [5.74, 6) is 0.0473. The number of nitrogens with zero attached hydrogens (tertiary/aromatic N) is 1. The van der Waals surface area contributed by atoms with Gasteiger partial charge in [0.2, 0.25) is 5.91 Å². The third-order valence-corrected chi connectivity index (χ3v) is 2.63. The standard InChI is InChI=1S/C12H25NO2/c1-3-4-5-6-7-8-9-10-12(15)13(2)11-14/h14H,3-11H2,1-2H3. The molecule has 0 fully saturated rings. The van der Waals surface area contributed by atoms with Crippen LogP contribution in [0.5, 0.6) is 0 Å². The van der Waals surface area contributed by atoms with Crippen molar-refractivity contribution in [1.29, 1.82) is 0 Å². The van der Waals surface area contributed by atoms with Crippen LogP contribution in [0.15, 0.2) is 0 Å². The van der Waals surface area contributed by atoms with E-state index in [1.807, 2.05) is 0 Å². The fraction of sp³-hybridized carbons (Fsp3) is 0.917. The molecule has 1 amide bonds. The first-order valence-electron chi connectivity index (χ1n) is 6.07. The third-order valence-electron chi connectivity index (χ3n) is 2.63. The van der Waals surface area contributed by atoms with Gasteiger partial charge in [-0.25, -0.2) is 0 Å². The molecule has 0 aromatic heterocycles. The number of carbonyl (C=O) groups is 1. The van der Waals surface area contributed by atoms with E-state index in [0.29, 0.717) is 6.42 Å². The van der Waals surface area contributed by atoms with Gasteiger partial charge < -0.3 is 10.0 Å². The van der Waals surface area contributed by atoms with Crippen LogP contribution in [0.1, 0.15) is 58.3 Å². The quantitative estimate of drug-likeness (QED) is 0.474. The molecule has 0 radical (unpaired) electrons. The second kappa shape index (κ2) is 9.97. The maximum Gasteiger partial charge on any atom is 0.224 e. The third kappa shape index (κ3) is 8.43. The number of hydrogen-bond acceptors (Lipinski definition) is 2. The van der Waals surface area contributed by atoms with Crippen LogP contribution in [0.3, 0.4) is 0 Å². The molecule has 0 aromatic carbocycles. The maximum absolute atomic E-state index is 11.3. The minimum Gasteiger partial charge on any atom is -0.376 e. The lowest BCUT2D eigenvalue weighted by Gasteiger charge is -2.12. The van der Waals surface area contributed by atoms with Crippen molar-refractivity contribution >= 4 is 5.91 Å². The Hall–Kier alpha value is -0.570. The van der Waals surface area contributed by atoms with Crippen molar-refractivity contribution in [3.8, 4) is 0 Å². The van der Waals surface area contributed by atoms with Gasteiger partial charge in [0.25, 0.3) is 0 Å². The molecule has 0 saturated heterocycles. The smallest absolute Gasteiger partial charge is 0.224 e. The molecular weight excluding hydrogens is 190 g/mol. The average molecular weight is 215 g/mol. The van der Waals surface area contributed by atoms with Gasteiger partial charge in [-0.05, 0) is 6.42 Å². The Bertz CT molecular complexity index is 160. The normalized spacial score (nSPS) is 10.3. The molecule has 0 spiro atoms. The number of rotatable bonds is 9. The minimum absolute atomic E-state index is 0.0473. The topological polar surface area (TPSA) is 40.5 Å². The summed E-state index contributed by atoms with van der Waals surface area (Å²) < 4.78 is 0. The van der Waals surface area contributed by atoms with Crippen LogP contribution in [-0.2, 0) is 4.79 Å². The summed E-state index contributed by atoms with van der Waals surface area (Å²) in [6.07, 6.45) is 9.11. The Morgan fingerprint density at radius 2 is 1.60 bits per heavy atom. The summed E-state index contributed by atoms with van der Waals surface area (Å²) in [5, 5.41) is 8.71. The van der Waals surface area contributed by atoms with Crippen LogP contribution in [0.25, 0.3) is 0 Å². The zero-order valence-corrected chi connectivity index (χ0v) is 10.2. The molecule has 0 aliphatic rings. The first-order valence-corrected chi connectivity index (χ1v) is 6.07. The predicted octanol–water partition coefficient (Wildman–Crippen LogP) is 2.54. The number of hydrogen-bond donors (Lipinski definition) is 1. The zero-order chi connectivity index (χ0) is 11.5. The van der Waals surface area contributed by atoms with Gasteiger partial charge in [0.1, 0.15) is 6.73 Å². The second-order valence-electron chi connectivity index (χ2n) is 4.10. The highest BCUT2D eigenvalue weighted by molar-refractivity contribution is 5.75. The van der Waals surface area contributed by atoms with Gasteiger partial charge >= 0.3 is 0 Å². The molecule has 0 aromatic rings. The molecule has 0 rings (SSSR count).